The second-order valence-corrected chi connectivity index (χ2v) is 5.81. The topological polar surface area (TPSA) is 75.4 Å². The highest BCUT2D eigenvalue weighted by Gasteiger charge is 2.31. The minimum absolute atomic E-state index is 0.116. The molecule has 0 saturated heterocycles. The summed E-state index contributed by atoms with van der Waals surface area (Å²) in [7, 11) is 0. The average Bonchev–Trinajstić information content (AvgIpc) is 2.19. The first kappa shape index (κ1) is 13.5. The van der Waals surface area contributed by atoms with Gasteiger partial charge in [-0.3, -0.25) is 4.79 Å². The van der Waals surface area contributed by atoms with Crippen molar-refractivity contribution in [2.45, 2.75) is 64.6 Å². The van der Waals surface area contributed by atoms with Gasteiger partial charge in [0, 0.05) is 0 Å². The van der Waals surface area contributed by atoms with E-state index in [9.17, 15) is 9.90 Å². The molecule has 0 radical (unpaired) electrons. The zero-order valence-corrected chi connectivity index (χ0v) is 10.5. The normalized spacial score (nSPS) is 28.6. The number of hydrogen-bond acceptors (Lipinski definition) is 3. The van der Waals surface area contributed by atoms with E-state index in [0.29, 0.717) is 0 Å². The van der Waals surface area contributed by atoms with Crippen molar-refractivity contribution in [3.8, 4) is 0 Å². The number of hydrogen-bond donors (Lipinski definition) is 3. The number of carbonyl (C=O) groups is 1. The molecule has 4 heteroatoms. The van der Waals surface area contributed by atoms with Crippen molar-refractivity contribution in [1.29, 1.82) is 0 Å². The molecule has 0 spiro atoms. The molecule has 1 amide bonds. The van der Waals surface area contributed by atoms with Crippen LogP contribution in [0.5, 0.6) is 0 Å². The number of amides is 1. The molecule has 1 fully saturated rings. The minimum atomic E-state index is -0.526. The van der Waals surface area contributed by atoms with Gasteiger partial charge in [0.2, 0.25) is 5.91 Å². The van der Waals surface area contributed by atoms with Crippen molar-refractivity contribution < 1.29 is 9.90 Å². The van der Waals surface area contributed by atoms with E-state index in [1.54, 1.807) is 0 Å². The Morgan fingerprint density at radius 3 is 2.44 bits per heavy atom. The number of nitrogens with two attached hydrogens (primary N) is 1. The van der Waals surface area contributed by atoms with Crippen molar-refractivity contribution in [3.63, 3.8) is 0 Å². The zero-order chi connectivity index (χ0) is 12.3. The molecule has 1 rings (SSSR count). The lowest BCUT2D eigenvalue weighted by molar-refractivity contribution is -0.126. The molecular formula is C12H24N2O2. The predicted octanol–water partition coefficient (Wildman–Crippen LogP) is 0.779. The second kappa shape index (κ2) is 5.15. The zero-order valence-electron chi connectivity index (χ0n) is 10.5. The summed E-state index contributed by atoms with van der Waals surface area (Å²) in [6.45, 7) is 5.82. The number of aliphatic hydroxyl groups excluding tert-OH is 1. The molecule has 0 unspecified atom stereocenters. The highest BCUT2D eigenvalue weighted by molar-refractivity contribution is 5.82. The molecule has 1 aliphatic rings. The van der Waals surface area contributed by atoms with E-state index >= 15 is 0 Å². The Balaban J connectivity index is 2.50. The summed E-state index contributed by atoms with van der Waals surface area (Å²) >= 11 is 0. The third-order valence-corrected chi connectivity index (χ3v) is 3.27. The van der Waals surface area contributed by atoms with Crippen molar-refractivity contribution in [3.05, 3.63) is 0 Å². The fourth-order valence-corrected chi connectivity index (χ4v) is 1.95. The minimum Gasteiger partial charge on any atom is -0.391 e. The fraction of sp³-hybridized carbons (Fsp3) is 0.917. The molecule has 1 aliphatic carbocycles. The van der Waals surface area contributed by atoms with Gasteiger partial charge in [-0.1, -0.05) is 33.6 Å². The average molecular weight is 228 g/mol. The van der Waals surface area contributed by atoms with Crippen molar-refractivity contribution in [1.82, 2.24) is 5.32 Å². The molecule has 0 bridgehead atoms. The summed E-state index contributed by atoms with van der Waals surface area (Å²) in [5.74, 6) is -0.154. The number of nitrogens with one attached hydrogen (secondary N) is 1. The molecule has 0 aromatic rings. The predicted molar refractivity (Wildman–Crippen MR) is 63.8 cm³/mol. The summed E-state index contributed by atoms with van der Waals surface area (Å²) in [6.07, 6.45) is 3.32. The van der Waals surface area contributed by atoms with Gasteiger partial charge in [-0.2, -0.15) is 0 Å². The largest absolute Gasteiger partial charge is 0.391 e. The number of aliphatic hydroxyl groups is 1. The molecule has 0 aromatic heterocycles. The third kappa shape index (κ3) is 3.46. The van der Waals surface area contributed by atoms with Crippen LogP contribution in [0.4, 0.5) is 0 Å². The van der Waals surface area contributed by atoms with Crippen LogP contribution in [0.2, 0.25) is 0 Å². The standard InChI is InChI=1S/C12H24N2O2/c1-12(2,3)10(13)11(16)14-8-6-4-5-7-9(8)15/h8-10,15H,4-7,13H2,1-3H3,(H,14,16)/t8-,9-,10-/m1/s1. The molecule has 0 aromatic carbocycles. The molecule has 4 nitrogen and oxygen atoms in total. The summed E-state index contributed by atoms with van der Waals surface area (Å²) in [5, 5.41) is 12.6. The smallest absolute Gasteiger partial charge is 0.237 e. The van der Waals surface area contributed by atoms with E-state index in [1.165, 1.54) is 0 Å². The summed E-state index contributed by atoms with van der Waals surface area (Å²) in [6, 6.07) is -0.642. The van der Waals surface area contributed by atoms with Gasteiger partial charge >= 0.3 is 0 Å². The van der Waals surface area contributed by atoms with E-state index in [-0.39, 0.29) is 17.4 Å². The van der Waals surface area contributed by atoms with Gasteiger partial charge < -0.3 is 16.2 Å². The van der Waals surface area contributed by atoms with E-state index in [1.807, 2.05) is 20.8 Å². The molecule has 94 valence electrons. The molecule has 3 atom stereocenters. The van der Waals surface area contributed by atoms with Gasteiger partial charge in [-0.15, -0.1) is 0 Å². The van der Waals surface area contributed by atoms with Crippen LogP contribution < -0.4 is 11.1 Å². The Kier molecular flexibility index (Phi) is 4.33. The van der Waals surface area contributed by atoms with E-state index in [2.05, 4.69) is 5.32 Å². The van der Waals surface area contributed by atoms with Crippen molar-refractivity contribution in [2.24, 2.45) is 11.1 Å². The number of carbonyl (C=O) groups excluding carboxylic acids is 1. The van der Waals surface area contributed by atoms with Crippen molar-refractivity contribution in [2.75, 3.05) is 0 Å². The maximum absolute atomic E-state index is 11.9. The maximum atomic E-state index is 11.9. The molecule has 0 aliphatic heterocycles. The van der Waals surface area contributed by atoms with E-state index in [4.69, 9.17) is 5.73 Å². The lowest BCUT2D eigenvalue weighted by atomic mass is 9.86. The van der Waals surface area contributed by atoms with Gasteiger partial charge in [0.05, 0.1) is 18.2 Å². The molecule has 1 saturated carbocycles. The molecular weight excluding hydrogens is 204 g/mol. The Bertz CT molecular complexity index is 248. The van der Waals surface area contributed by atoms with Gasteiger partial charge in [0.25, 0.3) is 0 Å². The van der Waals surface area contributed by atoms with Crippen LogP contribution in [-0.4, -0.2) is 29.2 Å². The molecule has 4 N–H and O–H groups in total. The lowest BCUT2D eigenvalue weighted by Gasteiger charge is -2.32. The first-order chi connectivity index (χ1) is 7.32. The maximum Gasteiger partial charge on any atom is 0.237 e. The Hall–Kier alpha value is -0.610. The summed E-state index contributed by atoms with van der Waals surface area (Å²) in [5.41, 5.74) is 5.62. The Morgan fingerprint density at radius 1 is 1.38 bits per heavy atom. The van der Waals surface area contributed by atoms with Crippen LogP contribution in [0.3, 0.4) is 0 Å². The Labute approximate surface area is 97.6 Å². The first-order valence-corrected chi connectivity index (χ1v) is 6.06. The highest BCUT2D eigenvalue weighted by Crippen LogP contribution is 2.21. The van der Waals surface area contributed by atoms with Crippen LogP contribution in [0.1, 0.15) is 46.5 Å². The van der Waals surface area contributed by atoms with Crippen LogP contribution in [0.25, 0.3) is 0 Å². The highest BCUT2D eigenvalue weighted by atomic mass is 16.3. The SMILES string of the molecule is CC(C)(C)[C@H](N)C(=O)N[C@@H]1CCCC[C@H]1O. The van der Waals surface area contributed by atoms with E-state index < -0.39 is 12.1 Å². The van der Waals surface area contributed by atoms with Gasteiger partial charge in [-0.05, 0) is 18.3 Å². The van der Waals surface area contributed by atoms with Gasteiger partial charge in [0.15, 0.2) is 0 Å². The molecule has 0 heterocycles. The van der Waals surface area contributed by atoms with Crippen LogP contribution >= 0.6 is 0 Å². The Morgan fingerprint density at radius 2 is 1.94 bits per heavy atom. The second-order valence-electron chi connectivity index (χ2n) is 5.81. The van der Waals surface area contributed by atoms with Crippen LogP contribution in [-0.2, 0) is 4.79 Å². The lowest BCUT2D eigenvalue weighted by Crippen LogP contribution is -2.54. The van der Waals surface area contributed by atoms with Gasteiger partial charge in [-0.25, -0.2) is 0 Å². The quantitative estimate of drug-likeness (QED) is 0.654. The number of rotatable bonds is 2. The van der Waals surface area contributed by atoms with Crippen LogP contribution in [0.15, 0.2) is 0 Å². The first-order valence-electron chi connectivity index (χ1n) is 6.06. The monoisotopic (exact) mass is 228 g/mol. The summed E-state index contributed by atoms with van der Waals surface area (Å²) in [4.78, 5) is 11.9. The molecule has 16 heavy (non-hydrogen) atoms. The van der Waals surface area contributed by atoms with E-state index in [0.717, 1.165) is 25.7 Å². The van der Waals surface area contributed by atoms with Crippen LogP contribution in [0, 0.1) is 5.41 Å². The van der Waals surface area contributed by atoms with Gasteiger partial charge in [0.1, 0.15) is 0 Å². The third-order valence-electron chi connectivity index (χ3n) is 3.27. The summed E-state index contributed by atoms with van der Waals surface area (Å²) < 4.78 is 0. The van der Waals surface area contributed by atoms with Crippen molar-refractivity contribution >= 4 is 5.91 Å². The fourth-order valence-electron chi connectivity index (χ4n) is 1.95.